The van der Waals surface area contributed by atoms with Gasteiger partial charge in [0.25, 0.3) is 0 Å². The SMILES string of the molecule is O=C(CSC(F)(F)F)N1CCN(S(=O)(=O)c2cccc(Br)c2)CC1. The monoisotopic (exact) mass is 446 g/mol. The summed E-state index contributed by atoms with van der Waals surface area (Å²) in [5, 5.41) is 0. The van der Waals surface area contributed by atoms with Crippen LogP contribution in [0.1, 0.15) is 0 Å². The van der Waals surface area contributed by atoms with Gasteiger partial charge in [-0.15, -0.1) is 0 Å². The molecule has 0 radical (unpaired) electrons. The molecule has 1 aliphatic rings. The number of sulfonamides is 1. The van der Waals surface area contributed by atoms with Crippen LogP contribution in [0.5, 0.6) is 0 Å². The van der Waals surface area contributed by atoms with E-state index in [1.54, 1.807) is 12.1 Å². The first kappa shape index (κ1) is 19.5. The molecule has 0 bridgehead atoms. The Morgan fingerprint density at radius 1 is 1.21 bits per heavy atom. The molecule has 1 fully saturated rings. The lowest BCUT2D eigenvalue weighted by atomic mass is 10.3. The van der Waals surface area contributed by atoms with Gasteiger partial charge in [0.2, 0.25) is 15.9 Å². The molecule has 11 heteroatoms. The summed E-state index contributed by atoms with van der Waals surface area (Å²) in [7, 11) is -3.69. The minimum absolute atomic E-state index is 0.0528. The maximum Gasteiger partial charge on any atom is 0.442 e. The molecule has 134 valence electrons. The number of rotatable bonds is 4. The van der Waals surface area contributed by atoms with Gasteiger partial charge in [0, 0.05) is 30.7 Å². The zero-order chi connectivity index (χ0) is 18.0. The van der Waals surface area contributed by atoms with E-state index in [2.05, 4.69) is 15.9 Å². The van der Waals surface area contributed by atoms with Gasteiger partial charge in [-0.1, -0.05) is 22.0 Å². The summed E-state index contributed by atoms with van der Waals surface area (Å²) in [6.45, 7) is 0.253. The molecule has 1 saturated heterocycles. The van der Waals surface area contributed by atoms with E-state index in [9.17, 15) is 26.4 Å². The van der Waals surface area contributed by atoms with Crippen molar-refractivity contribution in [2.45, 2.75) is 10.4 Å². The Morgan fingerprint density at radius 3 is 2.38 bits per heavy atom. The molecular formula is C13H14BrF3N2O3S2. The Morgan fingerprint density at radius 2 is 1.83 bits per heavy atom. The van der Waals surface area contributed by atoms with E-state index >= 15 is 0 Å². The summed E-state index contributed by atoms with van der Waals surface area (Å²) >= 11 is 2.82. The molecule has 0 spiro atoms. The number of nitrogens with zero attached hydrogens (tertiary/aromatic N) is 2. The van der Waals surface area contributed by atoms with Gasteiger partial charge in [0.1, 0.15) is 0 Å². The Kier molecular flexibility index (Phi) is 6.21. The zero-order valence-corrected chi connectivity index (χ0v) is 15.5. The third-order valence-corrected chi connectivity index (χ3v) is 6.49. The molecule has 5 nitrogen and oxygen atoms in total. The Balaban J connectivity index is 1.96. The fourth-order valence-corrected chi connectivity index (χ4v) is 4.68. The predicted octanol–water partition coefficient (Wildman–Crippen LogP) is 2.54. The quantitative estimate of drug-likeness (QED) is 0.712. The molecule has 1 aromatic carbocycles. The Labute approximate surface area is 150 Å². The van der Waals surface area contributed by atoms with Crippen LogP contribution in [0.15, 0.2) is 33.6 Å². The van der Waals surface area contributed by atoms with Crippen LogP contribution in [0.3, 0.4) is 0 Å². The fraction of sp³-hybridized carbons (Fsp3) is 0.462. The van der Waals surface area contributed by atoms with Crippen LogP contribution in [-0.4, -0.2) is 61.0 Å². The number of carbonyl (C=O) groups excluding carboxylic acids is 1. The van der Waals surface area contributed by atoms with Crippen LogP contribution in [0.4, 0.5) is 13.2 Å². The van der Waals surface area contributed by atoms with E-state index in [1.165, 1.54) is 21.3 Å². The number of thioether (sulfide) groups is 1. The van der Waals surface area contributed by atoms with Gasteiger partial charge in [-0.2, -0.15) is 17.5 Å². The number of benzene rings is 1. The van der Waals surface area contributed by atoms with E-state index in [0.717, 1.165) is 0 Å². The summed E-state index contributed by atoms with van der Waals surface area (Å²) in [6, 6.07) is 6.25. The summed E-state index contributed by atoms with van der Waals surface area (Å²) in [6.07, 6.45) is 0. The largest absolute Gasteiger partial charge is 0.442 e. The molecule has 1 aliphatic heterocycles. The van der Waals surface area contributed by atoms with E-state index in [1.807, 2.05) is 0 Å². The van der Waals surface area contributed by atoms with Crippen LogP contribution in [0.2, 0.25) is 0 Å². The summed E-state index contributed by atoms with van der Waals surface area (Å²) in [5.74, 6) is -1.33. The lowest BCUT2D eigenvalue weighted by Crippen LogP contribution is -2.51. The lowest BCUT2D eigenvalue weighted by Gasteiger charge is -2.34. The Hall–Kier alpha value is -0.780. The summed E-state index contributed by atoms with van der Waals surface area (Å²) in [4.78, 5) is 13.1. The number of carbonyl (C=O) groups is 1. The first-order chi connectivity index (χ1) is 11.1. The molecule has 24 heavy (non-hydrogen) atoms. The van der Waals surface area contributed by atoms with Crippen LogP contribution in [-0.2, 0) is 14.8 Å². The molecule has 0 N–H and O–H groups in total. The smallest absolute Gasteiger partial charge is 0.339 e. The normalized spacial score (nSPS) is 17.1. The number of alkyl halides is 3. The summed E-state index contributed by atoms with van der Waals surface area (Å²) < 4.78 is 63.3. The lowest BCUT2D eigenvalue weighted by molar-refractivity contribution is -0.129. The van der Waals surface area contributed by atoms with Crippen molar-refractivity contribution in [2.24, 2.45) is 0 Å². The number of halogens is 4. The average molecular weight is 447 g/mol. The van der Waals surface area contributed by atoms with Crippen molar-refractivity contribution in [3.8, 4) is 0 Å². The highest BCUT2D eigenvalue weighted by Gasteiger charge is 2.33. The minimum atomic E-state index is -4.46. The van der Waals surface area contributed by atoms with E-state index in [4.69, 9.17) is 0 Å². The highest BCUT2D eigenvalue weighted by molar-refractivity contribution is 9.10. The van der Waals surface area contributed by atoms with Crippen molar-refractivity contribution in [3.05, 3.63) is 28.7 Å². The van der Waals surface area contributed by atoms with Gasteiger partial charge >= 0.3 is 5.51 Å². The maximum absolute atomic E-state index is 12.5. The zero-order valence-electron chi connectivity index (χ0n) is 12.3. The molecule has 2 rings (SSSR count). The molecule has 0 atom stereocenters. The van der Waals surface area contributed by atoms with Gasteiger partial charge < -0.3 is 4.90 Å². The standard InChI is InChI=1S/C13H14BrF3N2O3S2/c14-10-2-1-3-11(8-10)24(21,22)19-6-4-18(5-7-19)12(20)9-23-13(15,16)17/h1-3,8H,4-7,9H2. The first-order valence-corrected chi connectivity index (χ1v) is 10.1. The van der Waals surface area contributed by atoms with Gasteiger partial charge in [0.05, 0.1) is 10.6 Å². The van der Waals surface area contributed by atoms with Crippen molar-refractivity contribution in [1.82, 2.24) is 9.21 Å². The molecule has 0 aliphatic carbocycles. The van der Waals surface area contributed by atoms with Crippen molar-refractivity contribution in [3.63, 3.8) is 0 Å². The average Bonchev–Trinajstić information content (AvgIpc) is 2.52. The molecule has 1 heterocycles. The topological polar surface area (TPSA) is 57.7 Å². The van der Waals surface area contributed by atoms with E-state index in [-0.39, 0.29) is 42.8 Å². The van der Waals surface area contributed by atoms with Crippen molar-refractivity contribution in [1.29, 1.82) is 0 Å². The number of piperazine rings is 1. The van der Waals surface area contributed by atoms with Crippen LogP contribution in [0, 0.1) is 0 Å². The molecule has 1 amide bonds. The van der Waals surface area contributed by atoms with Crippen LogP contribution < -0.4 is 0 Å². The van der Waals surface area contributed by atoms with Crippen molar-refractivity contribution < 1.29 is 26.4 Å². The van der Waals surface area contributed by atoms with Crippen molar-refractivity contribution in [2.75, 3.05) is 31.9 Å². The van der Waals surface area contributed by atoms with Crippen LogP contribution in [0.25, 0.3) is 0 Å². The molecule has 1 aromatic rings. The highest BCUT2D eigenvalue weighted by Crippen LogP contribution is 2.30. The second kappa shape index (κ2) is 7.63. The summed E-state index contributed by atoms with van der Waals surface area (Å²) in [5.41, 5.74) is -4.46. The predicted molar refractivity (Wildman–Crippen MR) is 88.0 cm³/mol. The highest BCUT2D eigenvalue weighted by atomic mass is 79.9. The minimum Gasteiger partial charge on any atom is -0.339 e. The number of amides is 1. The first-order valence-electron chi connectivity index (χ1n) is 6.84. The van der Waals surface area contributed by atoms with E-state index < -0.39 is 27.2 Å². The second-order valence-corrected chi connectivity index (χ2v) is 8.87. The van der Waals surface area contributed by atoms with Crippen LogP contribution >= 0.6 is 27.7 Å². The van der Waals surface area contributed by atoms with Gasteiger partial charge in [-0.05, 0) is 30.0 Å². The van der Waals surface area contributed by atoms with Crippen molar-refractivity contribution >= 4 is 43.6 Å². The fourth-order valence-electron chi connectivity index (χ4n) is 2.19. The number of hydrogen-bond donors (Lipinski definition) is 0. The van der Waals surface area contributed by atoms with Gasteiger partial charge in [-0.25, -0.2) is 8.42 Å². The third kappa shape index (κ3) is 5.11. The second-order valence-electron chi connectivity index (χ2n) is 4.98. The van der Waals surface area contributed by atoms with Gasteiger partial charge in [0.15, 0.2) is 0 Å². The number of hydrogen-bond acceptors (Lipinski definition) is 4. The third-order valence-electron chi connectivity index (χ3n) is 3.38. The molecular weight excluding hydrogens is 433 g/mol. The maximum atomic E-state index is 12.5. The molecule has 0 unspecified atom stereocenters. The van der Waals surface area contributed by atoms with Gasteiger partial charge in [-0.3, -0.25) is 4.79 Å². The molecule has 0 aromatic heterocycles. The molecule has 0 saturated carbocycles. The van der Waals surface area contributed by atoms with E-state index in [0.29, 0.717) is 4.47 Å². The Bertz CT molecular complexity index is 705.